The zero-order chi connectivity index (χ0) is 26.5. The van der Waals surface area contributed by atoms with Crippen molar-refractivity contribution in [1.82, 2.24) is 20.4 Å². The molecule has 6 atom stereocenters. The number of hydrogen-bond acceptors (Lipinski definition) is 6. The molecule has 2 aliphatic heterocycles. The van der Waals surface area contributed by atoms with Crippen LogP contribution in [0.15, 0.2) is 0 Å². The number of likely N-dealkylation sites (tertiary alicyclic amines) is 1. The zero-order valence-corrected chi connectivity index (χ0v) is 21.7. The first kappa shape index (κ1) is 26.7. The predicted octanol–water partition coefficient (Wildman–Crippen LogP) is 0.221. The van der Waals surface area contributed by atoms with Crippen LogP contribution in [-0.2, 0) is 23.9 Å². The van der Waals surface area contributed by atoms with Gasteiger partial charge in [-0.2, -0.15) is 0 Å². The average molecular weight is 494 g/mol. The number of hydrogen-bond donors (Lipinski definition) is 3. The highest BCUT2D eigenvalue weighted by molar-refractivity contribution is 5.95. The molecule has 196 valence electrons. The minimum Gasteiger partial charge on any atom is -0.444 e. The van der Waals surface area contributed by atoms with Gasteiger partial charge in [-0.1, -0.05) is 13.8 Å². The average Bonchev–Trinajstić information content (AvgIpc) is 3.10. The third kappa shape index (κ3) is 5.38. The molecule has 0 aromatic rings. The number of nitrogens with zero attached hydrogens (tertiary/aromatic N) is 2. The highest BCUT2D eigenvalue weighted by atomic mass is 16.6. The number of rotatable bonds is 7. The molecule has 0 spiro atoms. The molecule has 35 heavy (non-hydrogen) atoms. The van der Waals surface area contributed by atoms with Crippen molar-refractivity contribution in [1.29, 1.82) is 0 Å². The maximum absolute atomic E-state index is 13.5. The molecule has 3 fully saturated rings. The highest BCUT2D eigenvalue weighted by Crippen LogP contribution is 2.64. The number of nitrogens with two attached hydrogens (primary N) is 1. The van der Waals surface area contributed by atoms with Gasteiger partial charge in [-0.05, 0) is 57.8 Å². The zero-order valence-electron chi connectivity index (χ0n) is 21.7. The van der Waals surface area contributed by atoms with Gasteiger partial charge in [-0.3, -0.25) is 24.1 Å². The molecule has 1 aliphatic carbocycles. The van der Waals surface area contributed by atoms with E-state index in [2.05, 4.69) is 24.5 Å². The standard InChI is InChI=1S/C24H39N5O6/c1-12(28(7)22(34)35-23(2,3)4)21(33)29-11-14-16(24(14,5)6)17(29)20(32)27-15(18(25)30)10-13-8-9-26-19(13)31/h12-17H,8-11H2,1-7H3,(H2,25,30)(H,26,31)(H,27,32)/t12-,13-,14-,15-,16-,17-/m0/s1. The van der Waals surface area contributed by atoms with Crippen molar-refractivity contribution in [2.24, 2.45) is 28.9 Å². The Balaban J connectivity index is 1.74. The predicted molar refractivity (Wildman–Crippen MR) is 127 cm³/mol. The van der Waals surface area contributed by atoms with Gasteiger partial charge in [-0.15, -0.1) is 0 Å². The van der Waals surface area contributed by atoms with Gasteiger partial charge in [-0.25, -0.2) is 4.79 Å². The Labute approximate surface area is 206 Å². The van der Waals surface area contributed by atoms with E-state index >= 15 is 0 Å². The molecule has 4 N–H and O–H groups in total. The minimum absolute atomic E-state index is 0.0752. The molecule has 0 aromatic heterocycles. The van der Waals surface area contributed by atoms with Gasteiger partial charge in [0.2, 0.25) is 23.6 Å². The molecule has 1 saturated carbocycles. The molecule has 2 heterocycles. The van der Waals surface area contributed by atoms with Crippen LogP contribution in [0.4, 0.5) is 4.79 Å². The Morgan fingerprint density at radius 2 is 1.91 bits per heavy atom. The van der Waals surface area contributed by atoms with E-state index < -0.39 is 47.6 Å². The number of nitrogens with one attached hydrogen (secondary N) is 2. The van der Waals surface area contributed by atoms with Gasteiger partial charge in [0.1, 0.15) is 23.7 Å². The van der Waals surface area contributed by atoms with Crippen LogP contribution in [0, 0.1) is 23.2 Å². The first-order valence-electron chi connectivity index (χ1n) is 12.2. The molecular weight excluding hydrogens is 454 g/mol. The summed E-state index contributed by atoms with van der Waals surface area (Å²) in [5, 5.41) is 5.43. The van der Waals surface area contributed by atoms with Crippen molar-refractivity contribution < 1.29 is 28.7 Å². The molecule has 0 aromatic carbocycles. The quantitative estimate of drug-likeness (QED) is 0.462. The summed E-state index contributed by atoms with van der Waals surface area (Å²) in [5.74, 6) is -2.06. The third-order valence-electron chi connectivity index (χ3n) is 7.72. The van der Waals surface area contributed by atoms with Crippen molar-refractivity contribution in [2.75, 3.05) is 20.1 Å². The first-order valence-corrected chi connectivity index (χ1v) is 12.2. The summed E-state index contributed by atoms with van der Waals surface area (Å²) >= 11 is 0. The summed E-state index contributed by atoms with van der Waals surface area (Å²) in [7, 11) is 1.49. The van der Waals surface area contributed by atoms with Crippen LogP contribution >= 0.6 is 0 Å². The van der Waals surface area contributed by atoms with Crippen LogP contribution in [-0.4, -0.2) is 83.4 Å². The Hall–Kier alpha value is -2.85. The summed E-state index contributed by atoms with van der Waals surface area (Å²) in [5.41, 5.74) is 4.70. The largest absolute Gasteiger partial charge is 0.444 e. The summed E-state index contributed by atoms with van der Waals surface area (Å²) < 4.78 is 5.37. The van der Waals surface area contributed by atoms with Crippen LogP contribution < -0.4 is 16.4 Å². The van der Waals surface area contributed by atoms with Crippen LogP contribution in [0.5, 0.6) is 0 Å². The van der Waals surface area contributed by atoms with Crippen molar-refractivity contribution in [3.63, 3.8) is 0 Å². The number of carbonyl (C=O) groups is 5. The second kappa shape index (κ2) is 9.31. The molecule has 0 radical (unpaired) electrons. The Kier molecular flexibility index (Phi) is 7.12. The lowest BCUT2D eigenvalue weighted by Gasteiger charge is -2.35. The summed E-state index contributed by atoms with van der Waals surface area (Å²) in [4.78, 5) is 66.2. The first-order chi connectivity index (χ1) is 16.1. The number of carbonyl (C=O) groups excluding carboxylic acids is 5. The summed E-state index contributed by atoms with van der Waals surface area (Å²) in [6.07, 6.45) is 0.0504. The Morgan fingerprint density at radius 3 is 2.43 bits per heavy atom. The number of piperidine rings is 1. The molecule has 5 amide bonds. The van der Waals surface area contributed by atoms with Gasteiger partial charge in [0.05, 0.1) is 0 Å². The SMILES string of the molecule is C[C@@H](C(=O)N1C[C@H]2[C@@H]([C@H]1C(=O)N[C@@H](C[C@@H]1CCNC1=O)C(N)=O)C2(C)C)N(C)C(=O)OC(C)(C)C. The van der Waals surface area contributed by atoms with Gasteiger partial charge in [0.25, 0.3) is 0 Å². The van der Waals surface area contributed by atoms with Crippen LogP contribution in [0.25, 0.3) is 0 Å². The van der Waals surface area contributed by atoms with Crippen LogP contribution in [0.2, 0.25) is 0 Å². The van der Waals surface area contributed by atoms with Gasteiger partial charge < -0.3 is 26.0 Å². The fourth-order valence-electron chi connectivity index (χ4n) is 5.37. The van der Waals surface area contributed by atoms with Gasteiger partial charge in [0.15, 0.2) is 0 Å². The number of fused-ring (bicyclic) bond motifs is 1. The fourth-order valence-corrected chi connectivity index (χ4v) is 5.37. The number of primary amides is 1. The summed E-state index contributed by atoms with van der Waals surface area (Å²) in [6, 6.07) is -2.66. The van der Waals surface area contributed by atoms with Crippen molar-refractivity contribution in [2.45, 2.75) is 78.1 Å². The van der Waals surface area contributed by atoms with Gasteiger partial charge in [0, 0.05) is 26.1 Å². The van der Waals surface area contributed by atoms with E-state index in [-0.39, 0.29) is 35.5 Å². The van der Waals surface area contributed by atoms with E-state index in [0.717, 1.165) is 0 Å². The number of amides is 5. The lowest BCUT2D eigenvalue weighted by molar-refractivity contribution is -0.144. The fraction of sp³-hybridized carbons (Fsp3) is 0.792. The maximum Gasteiger partial charge on any atom is 0.410 e. The highest BCUT2D eigenvalue weighted by Gasteiger charge is 2.69. The second-order valence-electron chi connectivity index (χ2n) is 11.6. The summed E-state index contributed by atoms with van der Waals surface area (Å²) in [6.45, 7) is 11.8. The minimum atomic E-state index is -1.02. The molecule has 2 saturated heterocycles. The van der Waals surface area contributed by atoms with E-state index in [0.29, 0.717) is 19.5 Å². The van der Waals surface area contributed by atoms with E-state index in [4.69, 9.17) is 10.5 Å². The molecular formula is C24H39N5O6. The Morgan fingerprint density at radius 1 is 1.29 bits per heavy atom. The lowest BCUT2D eigenvalue weighted by Crippen LogP contribution is -2.58. The molecule has 0 bridgehead atoms. The second-order valence-corrected chi connectivity index (χ2v) is 11.6. The third-order valence-corrected chi connectivity index (χ3v) is 7.72. The molecule has 3 rings (SSSR count). The van der Waals surface area contributed by atoms with Crippen molar-refractivity contribution in [3.05, 3.63) is 0 Å². The normalized spacial score (nSPS) is 28.4. The number of likely N-dealkylation sites (N-methyl/N-ethyl adjacent to an activating group) is 1. The van der Waals surface area contributed by atoms with Crippen molar-refractivity contribution in [3.8, 4) is 0 Å². The van der Waals surface area contributed by atoms with Crippen LogP contribution in [0.1, 0.15) is 54.4 Å². The molecule has 11 heteroatoms. The van der Waals surface area contributed by atoms with E-state index in [1.807, 2.05) is 0 Å². The van der Waals surface area contributed by atoms with E-state index in [1.54, 1.807) is 27.7 Å². The smallest absolute Gasteiger partial charge is 0.410 e. The van der Waals surface area contributed by atoms with E-state index in [9.17, 15) is 24.0 Å². The van der Waals surface area contributed by atoms with Gasteiger partial charge >= 0.3 is 6.09 Å². The van der Waals surface area contributed by atoms with E-state index in [1.165, 1.54) is 16.8 Å². The lowest BCUT2D eigenvalue weighted by atomic mass is 9.96. The Bertz CT molecular complexity index is 913. The topological polar surface area (TPSA) is 151 Å². The molecule has 3 aliphatic rings. The van der Waals surface area contributed by atoms with Crippen molar-refractivity contribution >= 4 is 29.7 Å². The molecule has 0 unspecified atom stereocenters. The number of ether oxygens (including phenoxy) is 1. The monoisotopic (exact) mass is 493 g/mol. The van der Waals surface area contributed by atoms with Crippen LogP contribution in [0.3, 0.4) is 0 Å². The maximum atomic E-state index is 13.5. The molecule has 11 nitrogen and oxygen atoms in total.